The van der Waals surface area contributed by atoms with E-state index in [-0.39, 0.29) is 4.90 Å². The molecule has 6 heteroatoms. The van der Waals surface area contributed by atoms with Crippen LogP contribution in [0.2, 0.25) is 0 Å². The van der Waals surface area contributed by atoms with Gasteiger partial charge in [-0.25, -0.2) is 0 Å². The molecule has 0 aliphatic rings. The molecule has 3 N–H and O–H groups in total. The van der Waals surface area contributed by atoms with E-state index in [4.69, 9.17) is 10.3 Å². The number of hydrogen-bond donors (Lipinski definition) is 2. The van der Waals surface area contributed by atoms with E-state index in [1.807, 2.05) is 0 Å². The van der Waals surface area contributed by atoms with Gasteiger partial charge in [-0.3, -0.25) is 4.55 Å². The maximum atomic E-state index is 11.1. The minimum Gasteiger partial charge on any atom is -0.397 e. The van der Waals surface area contributed by atoms with Gasteiger partial charge in [-0.05, 0) is 28.1 Å². The monoisotopic (exact) mass is 301 g/mol. The Hall–Kier alpha value is -1.11. The van der Waals surface area contributed by atoms with Gasteiger partial charge < -0.3 is 5.73 Å². The summed E-state index contributed by atoms with van der Waals surface area (Å²) >= 11 is 3.25. The molecule has 0 fully saturated rings. The molecule has 0 spiro atoms. The first kappa shape index (κ1) is 11.4. The molecule has 0 aliphatic heterocycles. The molecule has 0 atom stereocenters. The number of benzene rings is 2. The number of halogens is 1. The fourth-order valence-electron chi connectivity index (χ4n) is 1.55. The number of rotatable bonds is 1. The van der Waals surface area contributed by atoms with Gasteiger partial charge in [-0.15, -0.1) is 0 Å². The van der Waals surface area contributed by atoms with E-state index < -0.39 is 10.1 Å². The van der Waals surface area contributed by atoms with Crippen LogP contribution in [0.5, 0.6) is 0 Å². The van der Waals surface area contributed by atoms with Crippen molar-refractivity contribution in [2.24, 2.45) is 0 Å². The number of fused-ring (bicyclic) bond motifs is 1. The molecule has 0 amide bonds. The fourth-order valence-corrected chi connectivity index (χ4v) is 2.60. The Morgan fingerprint density at radius 1 is 1.12 bits per heavy atom. The van der Waals surface area contributed by atoms with Crippen LogP contribution in [-0.2, 0) is 10.1 Å². The zero-order valence-electron chi connectivity index (χ0n) is 8.01. The topological polar surface area (TPSA) is 80.4 Å². The Morgan fingerprint density at radius 3 is 2.44 bits per heavy atom. The maximum Gasteiger partial charge on any atom is 0.295 e. The molecule has 0 saturated heterocycles. The van der Waals surface area contributed by atoms with E-state index in [0.29, 0.717) is 20.9 Å². The minimum absolute atomic E-state index is 0.135. The van der Waals surface area contributed by atoms with Crippen molar-refractivity contribution in [3.63, 3.8) is 0 Å². The van der Waals surface area contributed by atoms with E-state index in [2.05, 4.69) is 15.9 Å². The molecule has 0 heterocycles. The lowest BCUT2D eigenvalue weighted by Gasteiger charge is -2.07. The lowest BCUT2D eigenvalue weighted by atomic mass is 10.1. The molecule has 0 saturated carbocycles. The van der Waals surface area contributed by atoms with Crippen molar-refractivity contribution in [1.82, 2.24) is 0 Å². The number of hydrogen-bond acceptors (Lipinski definition) is 3. The first-order chi connectivity index (χ1) is 7.41. The quantitative estimate of drug-likeness (QED) is 0.626. The highest BCUT2D eigenvalue weighted by Gasteiger charge is 2.14. The molecule has 0 unspecified atom stereocenters. The van der Waals surface area contributed by atoms with E-state index >= 15 is 0 Å². The normalized spacial score (nSPS) is 11.9. The summed E-state index contributed by atoms with van der Waals surface area (Å²) in [5, 5.41) is 0.996. The van der Waals surface area contributed by atoms with Gasteiger partial charge in [0.05, 0.1) is 5.69 Å². The van der Waals surface area contributed by atoms with Crippen molar-refractivity contribution in [3.05, 3.63) is 34.8 Å². The third-order valence-electron chi connectivity index (χ3n) is 2.29. The van der Waals surface area contributed by atoms with Gasteiger partial charge in [0.15, 0.2) is 0 Å². The molecule has 2 aromatic rings. The average Bonchev–Trinajstić information content (AvgIpc) is 2.21. The van der Waals surface area contributed by atoms with Gasteiger partial charge in [0.25, 0.3) is 10.1 Å². The summed E-state index contributed by atoms with van der Waals surface area (Å²) in [5.41, 5.74) is 6.25. The second-order valence-electron chi connectivity index (χ2n) is 3.29. The number of anilines is 1. The molecule has 0 aliphatic carbocycles. The third kappa shape index (κ3) is 1.79. The van der Waals surface area contributed by atoms with Crippen LogP contribution >= 0.6 is 15.9 Å². The molecule has 2 rings (SSSR count). The van der Waals surface area contributed by atoms with Crippen molar-refractivity contribution in [2.75, 3.05) is 5.73 Å². The van der Waals surface area contributed by atoms with Crippen LogP contribution in [0.15, 0.2) is 39.7 Å². The Balaban J connectivity index is 2.96. The van der Waals surface area contributed by atoms with Crippen molar-refractivity contribution in [2.45, 2.75) is 4.90 Å². The molecular formula is C10H8BrNO3S. The number of nitrogens with two attached hydrogens (primary N) is 1. The Kier molecular flexibility index (Phi) is 2.65. The molecule has 4 nitrogen and oxygen atoms in total. The van der Waals surface area contributed by atoms with Gasteiger partial charge in [0.1, 0.15) is 4.90 Å². The third-order valence-corrected chi connectivity index (χ3v) is 3.89. The summed E-state index contributed by atoms with van der Waals surface area (Å²) in [6.07, 6.45) is 0. The van der Waals surface area contributed by atoms with Gasteiger partial charge in [0, 0.05) is 15.2 Å². The van der Waals surface area contributed by atoms with Crippen molar-refractivity contribution >= 4 is 42.5 Å². The second kappa shape index (κ2) is 3.73. The van der Waals surface area contributed by atoms with Gasteiger partial charge >= 0.3 is 0 Å². The summed E-state index contributed by atoms with van der Waals surface area (Å²) < 4.78 is 32.0. The second-order valence-corrected chi connectivity index (χ2v) is 5.53. The van der Waals surface area contributed by atoms with Crippen LogP contribution in [0, 0.1) is 0 Å². The first-order valence-electron chi connectivity index (χ1n) is 4.35. The summed E-state index contributed by atoms with van der Waals surface area (Å²) in [6.45, 7) is 0. The van der Waals surface area contributed by atoms with Crippen LogP contribution in [0.25, 0.3) is 10.8 Å². The summed E-state index contributed by atoms with van der Waals surface area (Å²) in [5.74, 6) is 0. The van der Waals surface area contributed by atoms with E-state index in [1.54, 1.807) is 18.2 Å². The van der Waals surface area contributed by atoms with E-state index in [9.17, 15) is 8.42 Å². The van der Waals surface area contributed by atoms with Crippen LogP contribution in [0.1, 0.15) is 0 Å². The lowest BCUT2D eigenvalue weighted by molar-refractivity contribution is 0.484. The zero-order chi connectivity index (χ0) is 11.9. The minimum atomic E-state index is -4.23. The zero-order valence-corrected chi connectivity index (χ0v) is 10.4. The van der Waals surface area contributed by atoms with Crippen LogP contribution < -0.4 is 5.73 Å². The van der Waals surface area contributed by atoms with Crippen LogP contribution in [0.4, 0.5) is 5.69 Å². The number of nitrogen functional groups attached to an aromatic ring is 1. The Morgan fingerprint density at radius 2 is 1.81 bits per heavy atom. The summed E-state index contributed by atoms with van der Waals surface area (Å²) in [4.78, 5) is -0.135. The Labute approximate surface area is 101 Å². The smallest absolute Gasteiger partial charge is 0.295 e. The molecule has 0 aromatic heterocycles. The lowest BCUT2D eigenvalue weighted by Crippen LogP contribution is -2.00. The van der Waals surface area contributed by atoms with E-state index in [0.717, 1.165) is 0 Å². The summed E-state index contributed by atoms with van der Waals surface area (Å²) in [7, 11) is -4.23. The molecule has 84 valence electrons. The molecular weight excluding hydrogens is 294 g/mol. The van der Waals surface area contributed by atoms with Crippen LogP contribution in [0.3, 0.4) is 0 Å². The largest absolute Gasteiger partial charge is 0.397 e. The maximum absolute atomic E-state index is 11.1. The predicted octanol–water partition coefficient (Wildman–Crippen LogP) is 2.43. The summed E-state index contributed by atoms with van der Waals surface area (Å²) in [6, 6.07) is 7.81. The van der Waals surface area contributed by atoms with Crippen LogP contribution in [-0.4, -0.2) is 13.0 Å². The first-order valence-corrected chi connectivity index (χ1v) is 6.59. The van der Waals surface area contributed by atoms with Gasteiger partial charge in [-0.2, -0.15) is 8.42 Å². The standard InChI is InChI=1S/C10H8BrNO3S/c11-8-5-4-6-7(10(8)12)2-1-3-9(6)16(13,14)15/h1-5H,12H2,(H,13,14,15). The SMILES string of the molecule is Nc1c(Br)ccc2c(S(=O)(=O)O)cccc12. The van der Waals surface area contributed by atoms with Crippen molar-refractivity contribution in [3.8, 4) is 0 Å². The molecule has 0 bridgehead atoms. The average molecular weight is 302 g/mol. The Bertz CT molecular complexity index is 667. The van der Waals surface area contributed by atoms with Crippen molar-refractivity contribution < 1.29 is 13.0 Å². The highest BCUT2D eigenvalue weighted by molar-refractivity contribution is 9.10. The molecule has 2 aromatic carbocycles. The van der Waals surface area contributed by atoms with Gasteiger partial charge in [0.2, 0.25) is 0 Å². The highest BCUT2D eigenvalue weighted by atomic mass is 79.9. The fraction of sp³-hybridized carbons (Fsp3) is 0. The van der Waals surface area contributed by atoms with Gasteiger partial charge in [-0.1, -0.05) is 18.2 Å². The van der Waals surface area contributed by atoms with E-state index in [1.165, 1.54) is 12.1 Å². The molecule has 0 radical (unpaired) electrons. The predicted molar refractivity (Wildman–Crippen MR) is 65.9 cm³/mol. The van der Waals surface area contributed by atoms with Crippen molar-refractivity contribution in [1.29, 1.82) is 0 Å². The highest BCUT2D eigenvalue weighted by Crippen LogP contribution is 2.32. The molecule has 16 heavy (non-hydrogen) atoms.